The summed E-state index contributed by atoms with van der Waals surface area (Å²) < 4.78 is 8.99. The second-order valence-electron chi connectivity index (χ2n) is 8.46. The largest absolute Gasteiger partial charge is 0.497 e. The number of imidazole rings is 1. The molecule has 36 heavy (non-hydrogen) atoms. The van der Waals surface area contributed by atoms with Crippen molar-refractivity contribution in [3.05, 3.63) is 137 Å². The Bertz CT molecular complexity index is 1750. The molecule has 5 heteroatoms. The van der Waals surface area contributed by atoms with Crippen molar-refractivity contribution in [3.8, 4) is 34.0 Å². The number of hydrogen-bond donors (Lipinski definition) is 0. The lowest BCUT2D eigenvalue weighted by Crippen LogP contribution is -2.19. The highest BCUT2D eigenvalue weighted by Gasteiger charge is 2.24. The molecule has 0 N–H and O–H groups in total. The second-order valence-corrected chi connectivity index (χ2v) is 8.46. The highest BCUT2D eigenvalue weighted by molar-refractivity contribution is 5.84. The normalized spacial score (nSPS) is 11.8. The third kappa shape index (κ3) is 3.67. The first-order valence-corrected chi connectivity index (χ1v) is 11.7. The van der Waals surface area contributed by atoms with Gasteiger partial charge in [0.25, 0.3) is 5.56 Å². The van der Waals surface area contributed by atoms with Gasteiger partial charge in [0.15, 0.2) is 5.82 Å². The summed E-state index contributed by atoms with van der Waals surface area (Å²) in [5.74, 6) is 1.49. The van der Waals surface area contributed by atoms with Crippen LogP contribution >= 0.6 is 0 Å². The van der Waals surface area contributed by atoms with Crippen LogP contribution in [-0.2, 0) is 0 Å². The highest BCUT2D eigenvalue weighted by atomic mass is 16.5. The van der Waals surface area contributed by atoms with E-state index in [4.69, 9.17) is 9.72 Å². The smallest absolute Gasteiger partial charge is 0.280 e. The first-order valence-electron chi connectivity index (χ1n) is 11.7. The molecular weight excluding hydrogens is 446 g/mol. The van der Waals surface area contributed by atoms with Gasteiger partial charge >= 0.3 is 0 Å². The molecule has 2 aromatic heterocycles. The van der Waals surface area contributed by atoms with Crippen LogP contribution in [0.15, 0.2) is 120 Å². The Morgan fingerprint density at radius 3 is 1.92 bits per heavy atom. The predicted octanol–water partition coefficient (Wildman–Crippen LogP) is 5.38. The number of benzene rings is 4. The summed E-state index contributed by atoms with van der Waals surface area (Å²) in [5.41, 5.74) is 4.82. The van der Waals surface area contributed by atoms with E-state index >= 15 is 0 Å². The number of aromatic nitrogens is 3. The Kier molecular flexibility index (Phi) is 5.43. The van der Waals surface area contributed by atoms with E-state index in [1.54, 1.807) is 11.8 Å². The molecule has 0 saturated heterocycles. The van der Waals surface area contributed by atoms with E-state index in [1.807, 2.05) is 126 Å². The lowest BCUT2D eigenvalue weighted by atomic mass is 10.1. The molecule has 0 atom stereocenters. The van der Waals surface area contributed by atoms with Crippen molar-refractivity contribution in [2.75, 3.05) is 7.11 Å². The van der Waals surface area contributed by atoms with E-state index in [2.05, 4.69) is 0 Å². The van der Waals surface area contributed by atoms with E-state index < -0.39 is 0 Å². The van der Waals surface area contributed by atoms with Gasteiger partial charge in [-0.05, 0) is 41.5 Å². The van der Waals surface area contributed by atoms with Gasteiger partial charge in [0, 0.05) is 5.56 Å². The van der Waals surface area contributed by atoms with Crippen LogP contribution in [0.5, 0.6) is 5.75 Å². The average molecular weight is 470 g/mol. The quantitative estimate of drug-likeness (QED) is 0.341. The minimum Gasteiger partial charge on any atom is -0.497 e. The van der Waals surface area contributed by atoms with Crippen molar-refractivity contribution in [2.24, 2.45) is 0 Å². The van der Waals surface area contributed by atoms with Crippen molar-refractivity contribution in [1.82, 2.24) is 14.2 Å². The van der Waals surface area contributed by atoms with Gasteiger partial charge in [0.05, 0.1) is 23.7 Å². The lowest BCUT2D eigenvalue weighted by Gasteiger charge is -2.07. The minimum absolute atomic E-state index is 0.0913. The van der Waals surface area contributed by atoms with Crippen molar-refractivity contribution >= 4 is 11.6 Å². The van der Waals surface area contributed by atoms with Gasteiger partial charge < -0.3 is 4.74 Å². The number of para-hydroxylation sites is 1. The lowest BCUT2D eigenvalue weighted by molar-refractivity contribution is 0.415. The SMILES string of the molecule is COc1ccc(C=c2nc(-c3ccccc3)n3c2c(-c2ccccc2)c(=O)n3-c2ccccc2)cc1. The van der Waals surface area contributed by atoms with Crippen LogP contribution in [0, 0.1) is 0 Å². The first-order chi connectivity index (χ1) is 17.7. The van der Waals surface area contributed by atoms with Crippen LogP contribution < -0.4 is 15.6 Å². The molecule has 0 amide bonds. The molecule has 174 valence electrons. The number of rotatable bonds is 5. The summed E-state index contributed by atoms with van der Waals surface area (Å²) in [6.45, 7) is 0. The maximum atomic E-state index is 14.1. The molecular formula is C31H23N3O2. The zero-order valence-corrected chi connectivity index (χ0v) is 19.7. The average Bonchev–Trinajstić information content (AvgIpc) is 3.44. The Balaban J connectivity index is 1.77. The molecule has 0 aliphatic heterocycles. The second kappa shape index (κ2) is 9.04. The van der Waals surface area contributed by atoms with Gasteiger partial charge in [-0.1, -0.05) is 91.0 Å². The topological polar surface area (TPSA) is 48.5 Å². The standard InChI is InChI=1S/C31H23N3O2/c1-36-26-19-17-22(18-20-26)21-27-29-28(23-11-5-2-6-12-23)31(35)33(25-15-9-4-10-16-25)34(29)30(32-27)24-13-7-3-8-14-24/h2-21H,1H3. The number of ether oxygens (including phenoxy) is 1. The molecule has 6 aromatic rings. The molecule has 0 spiro atoms. The highest BCUT2D eigenvalue weighted by Crippen LogP contribution is 2.26. The summed E-state index contributed by atoms with van der Waals surface area (Å²) in [7, 11) is 1.65. The molecule has 4 aromatic carbocycles. The van der Waals surface area contributed by atoms with Gasteiger partial charge in [-0.2, -0.15) is 0 Å². The predicted molar refractivity (Wildman–Crippen MR) is 143 cm³/mol. The molecule has 0 bridgehead atoms. The number of methoxy groups -OCH3 is 1. The Labute approximate surface area is 208 Å². The van der Waals surface area contributed by atoms with E-state index in [9.17, 15) is 4.79 Å². The van der Waals surface area contributed by atoms with Crippen molar-refractivity contribution < 1.29 is 4.74 Å². The monoisotopic (exact) mass is 469 g/mol. The van der Waals surface area contributed by atoms with E-state index in [0.717, 1.165) is 39.0 Å². The molecule has 2 heterocycles. The fourth-order valence-electron chi connectivity index (χ4n) is 4.56. The van der Waals surface area contributed by atoms with Crippen molar-refractivity contribution in [2.45, 2.75) is 0 Å². The summed E-state index contributed by atoms with van der Waals surface area (Å²) in [6.07, 6.45) is 2.02. The summed E-state index contributed by atoms with van der Waals surface area (Å²) in [6, 6.07) is 37.3. The zero-order chi connectivity index (χ0) is 24.5. The van der Waals surface area contributed by atoms with E-state index in [0.29, 0.717) is 11.4 Å². The molecule has 0 unspecified atom stereocenters. The van der Waals surface area contributed by atoms with Gasteiger partial charge in [0.1, 0.15) is 11.3 Å². The van der Waals surface area contributed by atoms with Crippen LogP contribution in [0.25, 0.3) is 39.8 Å². The Morgan fingerprint density at radius 1 is 0.722 bits per heavy atom. The van der Waals surface area contributed by atoms with Crippen LogP contribution in [-0.4, -0.2) is 21.3 Å². The fraction of sp³-hybridized carbons (Fsp3) is 0.0323. The third-order valence-electron chi connectivity index (χ3n) is 6.24. The van der Waals surface area contributed by atoms with Gasteiger partial charge in [-0.25, -0.2) is 14.2 Å². The molecule has 5 nitrogen and oxygen atoms in total. The Hall–Kier alpha value is -4.90. The van der Waals surface area contributed by atoms with Gasteiger partial charge in [-0.3, -0.25) is 4.79 Å². The number of nitrogens with zero attached hydrogens (tertiary/aromatic N) is 3. The number of fused-ring (bicyclic) bond motifs is 1. The van der Waals surface area contributed by atoms with Gasteiger partial charge in [-0.15, -0.1) is 0 Å². The van der Waals surface area contributed by atoms with Crippen LogP contribution in [0.2, 0.25) is 0 Å². The van der Waals surface area contributed by atoms with Crippen LogP contribution in [0.3, 0.4) is 0 Å². The zero-order valence-electron chi connectivity index (χ0n) is 19.7. The maximum Gasteiger partial charge on any atom is 0.280 e. The molecule has 0 fully saturated rings. The minimum atomic E-state index is -0.0913. The van der Waals surface area contributed by atoms with E-state index in [-0.39, 0.29) is 5.56 Å². The molecule has 6 rings (SSSR count). The molecule has 0 aliphatic rings. The van der Waals surface area contributed by atoms with E-state index in [1.165, 1.54) is 0 Å². The number of hydrogen-bond acceptors (Lipinski definition) is 3. The summed E-state index contributed by atoms with van der Waals surface area (Å²) >= 11 is 0. The first kappa shape index (κ1) is 21.6. The molecule has 0 saturated carbocycles. The van der Waals surface area contributed by atoms with Crippen LogP contribution in [0.1, 0.15) is 5.56 Å². The molecule has 0 aliphatic carbocycles. The Morgan fingerprint density at radius 2 is 1.31 bits per heavy atom. The van der Waals surface area contributed by atoms with Crippen molar-refractivity contribution in [3.63, 3.8) is 0 Å². The van der Waals surface area contributed by atoms with Gasteiger partial charge in [0.2, 0.25) is 0 Å². The van der Waals surface area contributed by atoms with Crippen LogP contribution in [0.4, 0.5) is 0 Å². The summed E-state index contributed by atoms with van der Waals surface area (Å²) in [4.78, 5) is 19.2. The summed E-state index contributed by atoms with van der Waals surface area (Å²) in [5, 5.41) is 0.727. The van der Waals surface area contributed by atoms with Crippen molar-refractivity contribution in [1.29, 1.82) is 0 Å². The third-order valence-corrected chi connectivity index (χ3v) is 6.24. The fourth-order valence-corrected chi connectivity index (χ4v) is 4.56. The maximum absolute atomic E-state index is 14.1. The molecule has 0 radical (unpaired) electrons.